The van der Waals surface area contributed by atoms with E-state index in [1.165, 1.54) is 12.1 Å². The lowest BCUT2D eigenvalue weighted by Gasteiger charge is -2.25. The molecule has 5 heteroatoms. The summed E-state index contributed by atoms with van der Waals surface area (Å²) in [4.78, 5) is 6.80. The van der Waals surface area contributed by atoms with E-state index in [0.717, 1.165) is 18.0 Å². The van der Waals surface area contributed by atoms with Gasteiger partial charge in [-0.25, -0.2) is 9.37 Å². The molecule has 1 aromatic carbocycles. The summed E-state index contributed by atoms with van der Waals surface area (Å²) in [5, 5.41) is 0. The second-order valence-electron chi connectivity index (χ2n) is 5.59. The van der Waals surface area contributed by atoms with Gasteiger partial charge in [-0.05, 0) is 39.0 Å². The van der Waals surface area contributed by atoms with E-state index in [-0.39, 0.29) is 5.82 Å². The van der Waals surface area contributed by atoms with E-state index in [0.29, 0.717) is 30.6 Å². The molecule has 120 valence electrons. The lowest BCUT2D eigenvalue weighted by molar-refractivity contribution is 0.124. The van der Waals surface area contributed by atoms with Crippen molar-refractivity contribution >= 4 is 0 Å². The van der Waals surface area contributed by atoms with Gasteiger partial charge in [0.1, 0.15) is 11.6 Å². The lowest BCUT2D eigenvalue weighted by Crippen LogP contribution is -2.33. The third-order valence-electron chi connectivity index (χ3n) is 3.63. The Kier molecular flexibility index (Phi) is 5.69. The standard InChI is InChI=1S/C17H23FN2O2/c1-12(2)20(8-9-21-4)11-16-13(3)22-17(19-16)14-6-5-7-15(18)10-14/h5-7,10,12H,8-9,11H2,1-4H3. The molecule has 1 aromatic heterocycles. The zero-order valence-corrected chi connectivity index (χ0v) is 13.6. The van der Waals surface area contributed by atoms with Crippen LogP contribution in [0.5, 0.6) is 0 Å². The highest BCUT2D eigenvalue weighted by Gasteiger charge is 2.17. The lowest BCUT2D eigenvalue weighted by atomic mass is 10.2. The van der Waals surface area contributed by atoms with Gasteiger partial charge in [0, 0.05) is 31.8 Å². The monoisotopic (exact) mass is 306 g/mol. The van der Waals surface area contributed by atoms with Gasteiger partial charge in [-0.2, -0.15) is 0 Å². The number of halogens is 1. The Morgan fingerprint density at radius 3 is 2.77 bits per heavy atom. The van der Waals surface area contributed by atoms with Crippen molar-refractivity contribution in [2.45, 2.75) is 33.4 Å². The maximum Gasteiger partial charge on any atom is 0.226 e. The average Bonchev–Trinajstić information content (AvgIpc) is 2.84. The molecule has 0 unspecified atom stereocenters. The number of hydrogen-bond acceptors (Lipinski definition) is 4. The van der Waals surface area contributed by atoms with Gasteiger partial charge in [-0.15, -0.1) is 0 Å². The molecule has 2 aromatic rings. The summed E-state index contributed by atoms with van der Waals surface area (Å²) in [6.07, 6.45) is 0. The molecule has 0 aliphatic heterocycles. The molecule has 0 aliphatic rings. The van der Waals surface area contributed by atoms with Crippen molar-refractivity contribution in [2.75, 3.05) is 20.3 Å². The van der Waals surface area contributed by atoms with Crippen LogP contribution in [-0.2, 0) is 11.3 Å². The molecular formula is C17H23FN2O2. The van der Waals surface area contributed by atoms with Gasteiger partial charge in [-0.3, -0.25) is 4.90 Å². The highest BCUT2D eigenvalue weighted by atomic mass is 19.1. The molecular weight excluding hydrogens is 283 g/mol. The molecule has 0 fully saturated rings. The summed E-state index contributed by atoms with van der Waals surface area (Å²) in [5.41, 5.74) is 1.53. The molecule has 2 rings (SSSR count). The Morgan fingerprint density at radius 2 is 2.14 bits per heavy atom. The van der Waals surface area contributed by atoms with E-state index in [2.05, 4.69) is 23.7 Å². The summed E-state index contributed by atoms with van der Waals surface area (Å²) in [5.74, 6) is 0.934. The van der Waals surface area contributed by atoms with Crippen LogP contribution in [0.4, 0.5) is 4.39 Å². The molecule has 0 atom stereocenters. The molecule has 1 heterocycles. The Hall–Kier alpha value is -1.72. The van der Waals surface area contributed by atoms with Crippen molar-refractivity contribution in [1.29, 1.82) is 0 Å². The fraction of sp³-hybridized carbons (Fsp3) is 0.471. The van der Waals surface area contributed by atoms with E-state index in [1.807, 2.05) is 6.92 Å². The van der Waals surface area contributed by atoms with E-state index < -0.39 is 0 Å². The SMILES string of the molecule is COCCN(Cc1nc(-c2cccc(F)c2)oc1C)C(C)C. The average molecular weight is 306 g/mol. The number of rotatable bonds is 7. The van der Waals surface area contributed by atoms with Gasteiger partial charge in [0.05, 0.1) is 12.3 Å². The summed E-state index contributed by atoms with van der Waals surface area (Å²) >= 11 is 0. The van der Waals surface area contributed by atoms with Crippen molar-refractivity contribution in [3.05, 3.63) is 41.5 Å². The quantitative estimate of drug-likeness (QED) is 0.783. The smallest absolute Gasteiger partial charge is 0.226 e. The minimum atomic E-state index is -0.293. The Balaban J connectivity index is 2.18. The van der Waals surface area contributed by atoms with Crippen LogP contribution in [0.25, 0.3) is 11.5 Å². The zero-order valence-electron chi connectivity index (χ0n) is 13.6. The van der Waals surface area contributed by atoms with Crippen molar-refractivity contribution in [3.63, 3.8) is 0 Å². The van der Waals surface area contributed by atoms with Crippen LogP contribution in [0.3, 0.4) is 0 Å². The molecule has 0 N–H and O–H groups in total. The molecule has 4 nitrogen and oxygen atoms in total. The summed E-state index contributed by atoms with van der Waals surface area (Å²) in [7, 11) is 1.70. The first-order valence-corrected chi connectivity index (χ1v) is 7.46. The van der Waals surface area contributed by atoms with E-state index in [1.54, 1.807) is 19.2 Å². The Labute approximate surface area is 130 Å². The van der Waals surface area contributed by atoms with Crippen LogP contribution in [0.2, 0.25) is 0 Å². The first-order chi connectivity index (χ1) is 10.5. The van der Waals surface area contributed by atoms with Crippen molar-refractivity contribution in [2.24, 2.45) is 0 Å². The van der Waals surface area contributed by atoms with E-state index in [4.69, 9.17) is 9.15 Å². The number of nitrogens with zero attached hydrogens (tertiary/aromatic N) is 2. The summed E-state index contributed by atoms with van der Waals surface area (Å²) in [6.45, 7) is 8.35. The van der Waals surface area contributed by atoms with Gasteiger partial charge in [0.25, 0.3) is 0 Å². The highest BCUT2D eigenvalue weighted by molar-refractivity contribution is 5.53. The van der Waals surface area contributed by atoms with Gasteiger partial charge in [0.2, 0.25) is 5.89 Å². The van der Waals surface area contributed by atoms with Crippen LogP contribution in [0, 0.1) is 12.7 Å². The summed E-state index contributed by atoms with van der Waals surface area (Å²) < 4.78 is 24.2. The van der Waals surface area contributed by atoms with Crippen molar-refractivity contribution in [1.82, 2.24) is 9.88 Å². The minimum Gasteiger partial charge on any atom is -0.441 e. The third kappa shape index (κ3) is 4.15. The van der Waals surface area contributed by atoms with Gasteiger partial charge in [0.15, 0.2) is 0 Å². The number of aromatic nitrogens is 1. The molecule has 0 spiro atoms. The number of oxazole rings is 1. The molecule has 0 aliphatic carbocycles. The minimum absolute atomic E-state index is 0.293. The first-order valence-electron chi connectivity index (χ1n) is 7.46. The Morgan fingerprint density at radius 1 is 1.36 bits per heavy atom. The van der Waals surface area contributed by atoms with Crippen LogP contribution < -0.4 is 0 Å². The number of methoxy groups -OCH3 is 1. The first kappa shape index (κ1) is 16.6. The maximum absolute atomic E-state index is 13.3. The fourth-order valence-corrected chi connectivity index (χ4v) is 2.24. The number of hydrogen-bond donors (Lipinski definition) is 0. The van der Waals surface area contributed by atoms with Gasteiger partial charge >= 0.3 is 0 Å². The molecule has 0 amide bonds. The van der Waals surface area contributed by atoms with Gasteiger partial charge in [-0.1, -0.05) is 6.07 Å². The van der Waals surface area contributed by atoms with Gasteiger partial charge < -0.3 is 9.15 Å². The van der Waals surface area contributed by atoms with Crippen LogP contribution >= 0.6 is 0 Å². The zero-order chi connectivity index (χ0) is 16.1. The maximum atomic E-state index is 13.3. The van der Waals surface area contributed by atoms with E-state index in [9.17, 15) is 4.39 Å². The van der Waals surface area contributed by atoms with Crippen molar-refractivity contribution in [3.8, 4) is 11.5 Å². The third-order valence-corrected chi connectivity index (χ3v) is 3.63. The predicted molar refractivity (Wildman–Crippen MR) is 84.1 cm³/mol. The molecule has 22 heavy (non-hydrogen) atoms. The number of ether oxygens (including phenoxy) is 1. The molecule has 0 radical (unpaired) electrons. The number of benzene rings is 1. The highest BCUT2D eigenvalue weighted by Crippen LogP contribution is 2.23. The van der Waals surface area contributed by atoms with Crippen LogP contribution in [0.1, 0.15) is 25.3 Å². The molecule has 0 bridgehead atoms. The molecule has 0 saturated carbocycles. The van der Waals surface area contributed by atoms with Crippen LogP contribution in [-0.4, -0.2) is 36.2 Å². The second kappa shape index (κ2) is 7.51. The second-order valence-corrected chi connectivity index (χ2v) is 5.59. The largest absolute Gasteiger partial charge is 0.441 e. The van der Waals surface area contributed by atoms with Crippen molar-refractivity contribution < 1.29 is 13.5 Å². The molecule has 0 saturated heterocycles. The normalized spacial score (nSPS) is 11.6. The Bertz CT molecular complexity index is 610. The number of aryl methyl sites for hydroxylation is 1. The topological polar surface area (TPSA) is 38.5 Å². The van der Waals surface area contributed by atoms with Crippen LogP contribution in [0.15, 0.2) is 28.7 Å². The van der Waals surface area contributed by atoms with E-state index >= 15 is 0 Å². The summed E-state index contributed by atoms with van der Waals surface area (Å²) in [6, 6.07) is 6.67. The predicted octanol–water partition coefficient (Wildman–Crippen LogP) is 3.65. The fourth-order valence-electron chi connectivity index (χ4n) is 2.24.